The van der Waals surface area contributed by atoms with E-state index in [1.807, 2.05) is 24.3 Å². The molecule has 2 aromatic heterocycles. The summed E-state index contributed by atoms with van der Waals surface area (Å²) in [6.45, 7) is 0. The number of amides is 1. The topological polar surface area (TPSA) is 90.6 Å². The Hall–Kier alpha value is -3.15. The predicted octanol–water partition coefficient (Wildman–Crippen LogP) is 2.02. The van der Waals surface area contributed by atoms with Crippen molar-refractivity contribution < 1.29 is 4.79 Å². The molecule has 6 heteroatoms. The number of rotatable bonds is 3. The Labute approximate surface area is 119 Å². The number of aromatic nitrogens is 3. The van der Waals surface area contributed by atoms with E-state index < -0.39 is 0 Å². The Kier molecular flexibility index (Phi) is 3.34. The van der Waals surface area contributed by atoms with Gasteiger partial charge in [-0.2, -0.15) is 5.10 Å². The van der Waals surface area contributed by atoms with Crippen molar-refractivity contribution in [3.05, 3.63) is 70.8 Å². The van der Waals surface area contributed by atoms with Crippen LogP contribution in [0.1, 0.15) is 10.4 Å². The zero-order valence-corrected chi connectivity index (χ0v) is 11.0. The molecule has 3 aromatic rings. The second kappa shape index (κ2) is 5.46. The molecule has 3 N–H and O–H groups in total. The highest BCUT2D eigenvalue weighted by Gasteiger charge is 2.07. The molecule has 21 heavy (non-hydrogen) atoms. The minimum Gasteiger partial charge on any atom is -0.329 e. The Morgan fingerprint density at radius 1 is 1.14 bits per heavy atom. The van der Waals surface area contributed by atoms with E-state index in [9.17, 15) is 9.59 Å². The van der Waals surface area contributed by atoms with E-state index in [2.05, 4.69) is 20.5 Å². The van der Waals surface area contributed by atoms with Gasteiger partial charge in [0.15, 0.2) is 0 Å². The van der Waals surface area contributed by atoms with E-state index in [-0.39, 0.29) is 11.5 Å². The zero-order chi connectivity index (χ0) is 14.7. The molecule has 0 atom stereocenters. The van der Waals surface area contributed by atoms with Gasteiger partial charge in [0.1, 0.15) is 0 Å². The van der Waals surface area contributed by atoms with E-state index in [4.69, 9.17) is 0 Å². The van der Waals surface area contributed by atoms with Gasteiger partial charge in [0.05, 0.1) is 5.69 Å². The molecule has 1 amide bonds. The lowest BCUT2D eigenvalue weighted by atomic mass is 10.1. The zero-order valence-electron chi connectivity index (χ0n) is 11.0. The Morgan fingerprint density at radius 2 is 2.05 bits per heavy atom. The van der Waals surface area contributed by atoms with Gasteiger partial charge in [-0.3, -0.25) is 14.7 Å². The molecule has 2 heterocycles. The first kappa shape index (κ1) is 12.9. The number of hydrogen-bond donors (Lipinski definition) is 3. The van der Waals surface area contributed by atoms with Crippen molar-refractivity contribution in [3.8, 4) is 11.3 Å². The number of pyridine rings is 1. The van der Waals surface area contributed by atoms with Gasteiger partial charge in [-0.1, -0.05) is 12.1 Å². The number of carbonyl (C=O) groups is 1. The van der Waals surface area contributed by atoms with E-state index in [1.165, 1.54) is 12.3 Å². The first-order chi connectivity index (χ1) is 10.2. The third-order valence-corrected chi connectivity index (χ3v) is 2.97. The van der Waals surface area contributed by atoms with Crippen LogP contribution in [0.5, 0.6) is 0 Å². The van der Waals surface area contributed by atoms with Crippen LogP contribution in [-0.4, -0.2) is 21.1 Å². The number of carbonyl (C=O) groups excluding carboxylic acids is 1. The third kappa shape index (κ3) is 2.89. The first-order valence-electron chi connectivity index (χ1n) is 6.32. The molecule has 0 radical (unpaired) electrons. The third-order valence-electron chi connectivity index (χ3n) is 2.97. The maximum atomic E-state index is 12.1. The monoisotopic (exact) mass is 280 g/mol. The van der Waals surface area contributed by atoms with E-state index >= 15 is 0 Å². The quantitative estimate of drug-likeness (QED) is 0.685. The number of aromatic amines is 2. The van der Waals surface area contributed by atoms with Crippen LogP contribution in [-0.2, 0) is 0 Å². The number of H-pyrrole nitrogens is 2. The molecule has 0 aliphatic rings. The summed E-state index contributed by atoms with van der Waals surface area (Å²) in [4.78, 5) is 25.8. The van der Waals surface area contributed by atoms with E-state index in [1.54, 1.807) is 18.3 Å². The van der Waals surface area contributed by atoms with Gasteiger partial charge >= 0.3 is 0 Å². The minimum absolute atomic E-state index is 0.311. The molecule has 0 fully saturated rings. The first-order valence-corrected chi connectivity index (χ1v) is 6.32. The average Bonchev–Trinajstić information content (AvgIpc) is 3.02. The number of anilines is 1. The Balaban J connectivity index is 1.84. The summed E-state index contributed by atoms with van der Waals surface area (Å²) in [6.07, 6.45) is 3.11. The van der Waals surface area contributed by atoms with Crippen LogP contribution in [0.25, 0.3) is 11.3 Å². The lowest BCUT2D eigenvalue weighted by molar-refractivity contribution is 0.102. The van der Waals surface area contributed by atoms with Crippen molar-refractivity contribution in [1.29, 1.82) is 0 Å². The molecule has 3 rings (SSSR count). The van der Waals surface area contributed by atoms with Crippen LogP contribution in [0, 0.1) is 0 Å². The summed E-state index contributed by atoms with van der Waals surface area (Å²) >= 11 is 0. The fourth-order valence-corrected chi connectivity index (χ4v) is 1.97. The highest BCUT2D eigenvalue weighted by atomic mass is 16.2. The van der Waals surface area contributed by atoms with Gasteiger partial charge in [0.2, 0.25) is 5.56 Å². The molecule has 0 aliphatic heterocycles. The molecule has 0 spiro atoms. The molecule has 0 saturated carbocycles. The summed E-state index contributed by atoms with van der Waals surface area (Å²) < 4.78 is 0. The molecule has 0 unspecified atom stereocenters. The van der Waals surface area contributed by atoms with Crippen LogP contribution >= 0.6 is 0 Å². The molecule has 6 nitrogen and oxygen atoms in total. The standard InChI is InChI=1S/C15H12N4O2/c20-14-9-11(4-6-16-14)15(21)18-12-3-1-2-10(8-12)13-5-7-17-19-13/h1-9H,(H,16,20)(H,17,19)(H,18,21). The SMILES string of the molecule is O=C(Nc1cccc(-c2ccn[nH]2)c1)c1cc[nH]c(=O)c1. The van der Waals surface area contributed by atoms with Crippen LogP contribution < -0.4 is 10.9 Å². The Bertz CT molecular complexity index is 821. The minimum atomic E-state index is -0.331. The van der Waals surface area contributed by atoms with Gasteiger partial charge in [-0.25, -0.2) is 0 Å². The van der Waals surface area contributed by atoms with E-state index in [0.717, 1.165) is 11.3 Å². The smallest absolute Gasteiger partial charge is 0.255 e. The molecule has 104 valence electrons. The van der Waals surface area contributed by atoms with Crippen molar-refractivity contribution >= 4 is 11.6 Å². The van der Waals surface area contributed by atoms with Crippen molar-refractivity contribution in [2.24, 2.45) is 0 Å². The number of nitrogens with one attached hydrogen (secondary N) is 3. The number of hydrogen-bond acceptors (Lipinski definition) is 3. The largest absolute Gasteiger partial charge is 0.329 e. The molecule has 0 aliphatic carbocycles. The highest BCUT2D eigenvalue weighted by molar-refractivity contribution is 6.04. The molecule has 0 bridgehead atoms. The van der Waals surface area contributed by atoms with Crippen molar-refractivity contribution in [3.63, 3.8) is 0 Å². The molecular formula is C15H12N4O2. The number of nitrogens with zero attached hydrogens (tertiary/aromatic N) is 1. The van der Waals surface area contributed by atoms with E-state index in [0.29, 0.717) is 11.3 Å². The van der Waals surface area contributed by atoms with Crippen LogP contribution in [0.15, 0.2) is 59.7 Å². The van der Waals surface area contributed by atoms with Gasteiger partial charge < -0.3 is 10.3 Å². The van der Waals surface area contributed by atoms with Crippen LogP contribution in [0.4, 0.5) is 5.69 Å². The van der Waals surface area contributed by atoms with Crippen LogP contribution in [0.3, 0.4) is 0 Å². The lowest BCUT2D eigenvalue weighted by Crippen LogP contribution is -2.15. The molecular weight excluding hydrogens is 268 g/mol. The van der Waals surface area contributed by atoms with Gasteiger partial charge in [-0.15, -0.1) is 0 Å². The van der Waals surface area contributed by atoms with Gasteiger partial charge in [0.25, 0.3) is 5.91 Å². The summed E-state index contributed by atoms with van der Waals surface area (Å²) in [7, 11) is 0. The van der Waals surface area contributed by atoms with Crippen molar-refractivity contribution in [1.82, 2.24) is 15.2 Å². The normalized spacial score (nSPS) is 10.3. The highest BCUT2D eigenvalue weighted by Crippen LogP contribution is 2.20. The molecule has 1 aromatic carbocycles. The summed E-state index contributed by atoms with van der Waals surface area (Å²) in [5, 5.41) is 9.52. The lowest BCUT2D eigenvalue weighted by Gasteiger charge is -2.06. The maximum absolute atomic E-state index is 12.1. The summed E-state index contributed by atoms with van der Waals surface area (Å²) in [5.41, 5.74) is 2.42. The predicted molar refractivity (Wildman–Crippen MR) is 79.0 cm³/mol. The molecule has 0 saturated heterocycles. The van der Waals surface area contributed by atoms with Crippen LogP contribution in [0.2, 0.25) is 0 Å². The van der Waals surface area contributed by atoms with Crippen molar-refractivity contribution in [2.75, 3.05) is 5.32 Å². The number of benzene rings is 1. The average molecular weight is 280 g/mol. The second-order valence-corrected chi connectivity index (χ2v) is 4.45. The second-order valence-electron chi connectivity index (χ2n) is 4.45. The Morgan fingerprint density at radius 3 is 2.81 bits per heavy atom. The van der Waals surface area contributed by atoms with Gasteiger partial charge in [-0.05, 0) is 24.3 Å². The summed E-state index contributed by atoms with van der Waals surface area (Å²) in [5.74, 6) is -0.331. The van der Waals surface area contributed by atoms with Gasteiger partial charge in [0, 0.05) is 35.3 Å². The fourth-order valence-electron chi connectivity index (χ4n) is 1.97. The summed E-state index contributed by atoms with van der Waals surface area (Å²) in [6, 6.07) is 12.0. The van der Waals surface area contributed by atoms with Crippen molar-refractivity contribution in [2.45, 2.75) is 0 Å². The maximum Gasteiger partial charge on any atom is 0.255 e. The fraction of sp³-hybridized carbons (Fsp3) is 0.